The number of anilines is 2. The average Bonchev–Trinajstić information content (AvgIpc) is 2.96. The number of methoxy groups -OCH3 is 1. The lowest BCUT2D eigenvalue weighted by atomic mass is 10.1. The summed E-state index contributed by atoms with van der Waals surface area (Å²) in [4.78, 5) is 34.2. The number of thioether (sulfide) groups is 1. The van der Waals surface area contributed by atoms with E-state index in [1.807, 2.05) is 45.3 Å². The van der Waals surface area contributed by atoms with Crippen LogP contribution in [0.25, 0.3) is 0 Å². The highest BCUT2D eigenvalue weighted by Crippen LogP contribution is 2.17. The molecule has 37 heavy (non-hydrogen) atoms. The van der Waals surface area contributed by atoms with Crippen LogP contribution in [0.5, 0.6) is 0 Å². The molecule has 1 aliphatic heterocycles. The number of ether oxygens (including phenoxy) is 1. The van der Waals surface area contributed by atoms with Crippen LogP contribution in [0.3, 0.4) is 0 Å². The Bertz CT molecular complexity index is 992. The molecule has 0 aromatic carbocycles. The number of nitrogens with zero attached hydrogens (tertiary/aromatic N) is 2. The summed E-state index contributed by atoms with van der Waals surface area (Å²) >= 11 is 1.61. The summed E-state index contributed by atoms with van der Waals surface area (Å²) in [6.07, 6.45) is 13.7. The summed E-state index contributed by atoms with van der Waals surface area (Å²) < 4.78 is 5.15. The summed E-state index contributed by atoms with van der Waals surface area (Å²) in [5, 5.41) is 8.71. The second-order valence-corrected chi connectivity index (χ2v) is 8.67. The quantitative estimate of drug-likeness (QED) is 0.387. The van der Waals surface area contributed by atoms with E-state index in [1.165, 1.54) is 19.0 Å². The third kappa shape index (κ3) is 12.2. The summed E-state index contributed by atoms with van der Waals surface area (Å²) in [6.45, 7) is 9.99. The zero-order valence-corrected chi connectivity index (χ0v) is 23.6. The molecule has 3 N–H and O–H groups in total. The molecule has 1 aliphatic rings. The van der Waals surface area contributed by atoms with Crippen molar-refractivity contribution >= 4 is 35.1 Å². The predicted molar refractivity (Wildman–Crippen MR) is 155 cm³/mol. The van der Waals surface area contributed by atoms with Gasteiger partial charge in [-0.2, -0.15) is 0 Å². The number of carbonyl (C=O) groups is 2. The first kappa shape index (κ1) is 32.0. The van der Waals surface area contributed by atoms with Gasteiger partial charge in [0, 0.05) is 24.4 Å². The van der Waals surface area contributed by atoms with E-state index >= 15 is 0 Å². The van der Waals surface area contributed by atoms with E-state index in [4.69, 9.17) is 4.74 Å². The molecule has 0 aliphatic carbocycles. The first-order chi connectivity index (χ1) is 18.0. The number of rotatable bonds is 8. The number of carbonyl (C=O) groups excluding carboxylic acids is 2. The van der Waals surface area contributed by atoms with Gasteiger partial charge < -0.3 is 20.7 Å². The van der Waals surface area contributed by atoms with Crippen LogP contribution in [-0.2, 0) is 9.53 Å². The molecule has 0 spiro atoms. The van der Waals surface area contributed by atoms with Gasteiger partial charge in [0.2, 0.25) is 5.91 Å². The number of nitrogens with one attached hydrogen (secondary N) is 3. The molecule has 1 atom stereocenters. The number of piperidine rings is 1. The molecule has 3 rings (SSSR count). The fourth-order valence-corrected chi connectivity index (χ4v) is 3.64. The largest absolute Gasteiger partial charge is 0.381 e. The van der Waals surface area contributed by atoms with E-state index in [9.17, 15) is 9.59 Å². The molecule has 2 aromatic rings. The van der Waals surface area contributed by atoms with Gasteiger partial charge in [-0.15, -0.1) is 11.8 Å². The van der Waals surface area contributed by atoms with E-state index in [0.29, 0.717) is 17.6 Å². The van der Waals surface area contributed by atoms with Gasteiger partial charge >= 0.3 is 0 Å². The molecule has 3 heterocycles. The molecule has 2 aromatic heterocycles. The van der Waals surface area contributed by atoms with E-state index in [2.05, 4.69) is 25.9 Å². The summed E-state index contributed by atoms with van der Waals surface area (Å²) in [7, 11) is 1.79. The second-order valence-electron chi connectivity index (χ2n) is 7.79. The van der Waals surface area contributed by atoms with Crippen molar-refractivity contribution in [1.82, 2.24) is 15.3 Å². The van der Waals surface area contributed by atoms with Gasteiger partial charge in [0.1, 0.15) is 5.82 Å². The van der Waals surface area contributed by atoms with E-state index in [0.717, 1.165) is 18.0 Å². The van der Waals surface area contributed by atoms with Crippen LogP contribution in [0, 0.1) is 5.92 Å². The summed E-state index contributed by atoms with van der Waals surface area (Å²) in [5.41, 5.74) is 0.484. The maximum atomic E-state index is 12.5. The van der Waals surface area contributed by atoms with Gasteiger partial charge in [-0.3, -0.25) is 9.59 Å². The lowest BCUT2D eigenvalue weighted by molar-refractivity contribution is -0.118. The Labute approximate surface area is 225 Å². The van der Waals surface area contributed by atoms with Gasteiger partial charge in [0.15, 0.2) is 5.69 Å². The molecular formula is C28H41N5O3S. The zero-order valence-electron chi connectivity index (χ0n) is 22.8. The monoisotopic (exact) mass is 527 g/mol. The van der Waals surface area contributed by atoms with Crippen molar-refractivity contribution < 1.29 is 14.3 Å². The molecule has 0 bridgehead atoms. The molecule has 8 nitrogen and oxygen atoms in total. The number of hydrogen-bond donors (Lipinski definition) is 3. The van der Waals surface area contributed by atoms with Crippen LogP contribution in [0.2, 0.25) is 0 Å². The van der Waals surface area contributed by atoms with Crippen LogP contribution in [0.4, 0.5) is 11.5 Å². The fraction of sp³-hybridized carbons (Fsp3) is 0.429. The second kappa shape index (κ2) is 19.1. The van der Waals surface area contributed by atoms with Crippen LogP contribution < -0.4 is 16.0 Å². The smallest absolute Gasteiger partial charge is 0.277 e. The molecule has 0 saturated carbocycles. The van der Waals surface area contributed by atoms with Crippen LogP contribution in [0.1, 0.15) is 51.0 Å². The van der Waals surface area contributed by atoms with Gasteiger partial charge in [0.05, 0.1) is 17.7 Å². The number of allylic oxidation sites excluding steroid dienone is 2. The first-order valence-corrected chi connectivity index (χ1v) is 13.8. The van der Waals surface area contributed by atoms with Crippen molar-refractivity contribution in [3.63, 3.8) is 0 Å². The Hall–Kier alpha value is -3.01. The van der Waals surface area contributed by atoms with Crippen molar-refractivity contribution in [2.75, 3.05) is 37.1 Å². The van der Waals surface area contributed by atoms with Crippen LogP contribution in [-0.4, -0.2) is 54.3 Å². The Kier molecular flexibility index (Phi) is 16.6. The lowest BCUT2D eigenvalue weighted by Gasteiger charge is -2.20. The molecule has 1 saturated heterocycles. The highest BCUT2D eigenvalue weighted by atomic mass is 32.2. The van der Waals surface area contributed by atoms with Crippen molar-refractivity contribution in [2.24, 2.45) is 5.92 Å². The van der Waals surface area contributed by atoms with Crippen molar-refractivity contribution in [3.05, 3.63) is 71.6 Å². The fourth-order valence-electron chi connectivity index (χ4n) is 3.19. The van der Waals surface area contributed by atoms with Crippen molar-refractivity contribution in [2.45, 2.75) is 46.6 Å². The highest BCUT2D eigenvalue weighted by molar-refractivity contribution is 8.02. The average molecular weight is 528 g/mol. The molecular weight excluding hydrogens is 486 g/mol. The summed E-state index contributed by atoms with van der Waals surface area (Å²) in [5.74, 6) is -0.606. The molecule has 2 amide bonds. The lowest BCUT2D eigenvalue weighted by Crippen LogP contribution is -2.31. The normalized spacial score (nSPS) is 14.5. The minimum atomic E-state index is -0.439. The molecule has 1 unspecified atom stereocenters. The number of pyridine rings is 2. The Balaban J connectivity index is 0.000000574. The van der Waals surface area contributed by atoms with E-state index in [-0.39, 0.29) is 17.5 Å². The summed E-state index contributed by atoms with van der Waals surface area (Å²) in [6, 6.07) is 8.52. The molecule has 0 radical (unpaired) electrons. The standard InChI is InChI=1S/C20H22N4O2S.C6H13NO.C2H6/c1-4-15(27-3)11-10-14(2)19(25)23-16-8-7-13-22-18(16)20(26)24-17-9-5-6-12-21-17;1-8-6-2-4-7-5-3-6;1-2/h4-14H,1-3H3,(H,23,25)(H,21,24,26);6-7H,2-5H2,1H3;1-2H3/b11-10-,15-4+;;. The highest BCUT2D eigenvalue weighted by Gasteiger charge is 2.17. The number of hydrogen-bond acceptors (Lipinski definition) is 7. The molecule has 9 heteroatoms. The Morgan fingerprint density at radius 2 is 1.81 bits per heavy atom. The van der Waals surface area contributed by atoms with Crippen molar-refractivity contribution in [3.8, 4) is 0 Å². The van der Waals surface area contributed by atoms with Crippen LogP contribution >= 0.6 is 11.8 Å². The maximum absolute atomic E-state index is 12.5. The molecule has 202 valence electrons. The third-order valence-corrected chi connectivity index (χ3v) is 6.13. The predicted octanol–water partition coefficient (Wildman–Crippen LogP) is 5.54. The van der Waals surface area contributed by atoms with Crippen LogP contribution in [0.15, 0.2) is 65.9 Å². The van der Waals surface area contributed by atoms with Gasteiger partial charge in [0.25, 0.3) is 5.91 Å². The Morgan fingerprint density at radius 3 is 2.38 bits per heavy atom. The molecule has 1 fully saturated rings. The Morgan fingerprint density at radius 1 is 1.11 bits per heavy atom. The van der Waals surface area contributed by atoms with Gasteiger partial charge in [-0.05, 0) is 63.4 Å². The first-order valence-electron chi connectivity index (χ1n) is 12.6. The number of amides is 2. The third-order valence-electron chi connectivity index (χ3n) is 5.29. The zero-order chi connectivity index (χ0) is 27.5. The maximum Gasteiger partial charge on any atom is 0.277 e. The topological polar surface area (TPSA) is 105 Å². The van der Waals surface area contributed by atoms with E-state index in [1.54, 1.807) is 62.3 Å². The van der Waals surface area contributed by atoms with Gasteiger partial charge in [-0.1, -0.05) is 45.1 Å². The van der Waals surface area contributed by atoms with Crippen molar-refractivity contribution in [1.29, 1.82) is 0 Å². The minimum absolute atomic E-state index is 0.130. The van der Waals surface area contributed by atoms with E-state index < -0.39 is 5.91 Å². The number of aromatic nitrogens is 2. The minimum Gasteiger partial charge on any atom is -0.381 e. The SMILES string of the molecule is C/C=C(\C=C/C(C)C(=O)Nc1cccnc1C(=O)Nc1ccccn1)SC.CC.COC1CCNCC1. The van der Waals surface area contributed by atoms with Gasteiger partial charge in [-0.25, -0.2) is 9.97 Å².